The van der Waals surface area contributed by atoms with Crippen LogP contribution in [0.5, 0.6) is 5.75 Å². The standard InChI is InChI=1S/C31H45N3O4/c1-29(36)13-14-31(15-16-37-3)20(18-29)5-7-22-23-8-9-25(30(23,2)12-11-24(22)31)28(35)19-34-27-17-21(38-4)6-10-26(27)32-33-34/h6,10,17,20,22-25,36H,5,7-9,11-16,18-19H2,1-4H3/t20-,22+,23+,24+,25-,29-,30+,31-/m1/s1. The number of nitrogens with zero attached hydrogens (tertiary/aromatic N) is 3. The fraction of sp³-hybridized carbons (Fsp3) is 0.774. The molecular formula is C31H45N3O4. The number of rotatable bonds is 7. The van der Waals surface area contributed by atoms with Crippen molar-refractivity contribution in [1.29, 1.82) is 0 Å². The number of ketones is 1. The Balaban J connectivity index is 1.23. The first-order chi connectivity index (χ1) is 18.2. The van der Waals surface area contributed by atoms with Crippen molar-refractivity contribution in [3.63, 3.8) is 0 Å². The van der Waals surface area contributed by atoms with Crippen LogP contribution in [0, 0.1) is 40.4 Å². The highest BCUT2D eigenvalue weighted by molar-refractivity contribution is 5.84. The van der Waals surface area contributed by atoms with Crippen molar-refractivity contribution in [1.82, 2.24) is 15.0 Å². The number of carbonyl (C=O) groups is 1. The fourth-order valence-corrected chi connectivity index (χ4v) is 10.00. The Hall–Kier alpha value is -1.99. The van der Waals surface area contributed by atoms with E-state index in [1.165, 1.54) is 19.3 Å². The molecule has 0 radical (unpaired) electrons. The summed E-state index contributed by atoms with van der Waals surface area (Å²) in [6.45, 7) is 5.55. The second-order valence-electron chi connectivity index (χ2n) is 13.6. The van der Waals surface area contributed by atoms with Crippen LogP contribution >= 0.6 is 0 Å². The molecule has 2 aromatic rings. The lowest BCUT2D eigenvalue weighted by Crippen LogP contribution is -2.57. The molecule has 1 aromatic heterocycles. The van der Waals surface area contributed by atoms with E-state index in [1.807, 2.05) is 32.2 Å². The second kappa shape index (κ2) is 9.58. The molecule has 6 rings (SSSR count). The Morgan fingerprint density at radius 1 is 1.08 bits per heavy atom. The van der Waals surface area contributed by atoms with Gasteiger partial charge in [0, 0.05) is 25.7 Å². The molecular weight excluding hydrogens is 478 g/mol. The van der Waals surface area contributed by atoms with Crippen LogP contribution in [0.15, 0.2) is 18.2 Å². The molecule has 7 heteroatoms. The predicted octanol–water partition coefficient (Wildman–Crippen LogP) is 5.44. The van der Waals surface area contributed by atoms with Gasteiger partial charge in [-0.1, -0.05) is 12.1 Å². The third-order valence-electron chi connectivity index (χ3n) is 11.8. The van der Waals surface area contributed by atoms with Gasteiger partial charge in [-0.15, -0.1) is 5.10 Å². The number of benzene rings is 1. The zero-order valence-electron chi connectivity index (χ0n) is 23.6. The van der Waals surface area contributed by atoms with Crippen LogP contribution in [-0.4, -0.2) is 52.3 Å². The van der Waals surface area contributed by atoms with Gasteiger partial charge in [0.05, 0.1) is 18.2 Å². The van der Waals surface area contributed by atoms with Gasteiger partial charge in [-0.2, -0.15) is 0 Å². The third kappa shape index (κ3) is 4.11. The summed E-state index contributed by atoms with van der Waals surface area (Å²) in [5.74, 6) is 3.69. The molecule has 0 unspecified atom stereocenters. The van der Waals surface area contributed by atoms with E-state index in [4.69, 9.17) is 9.47 Å². The molecule has 0 spiro atoms. The highest BCUT2D eigenvalue weighted by Crippen LogP contribution is 2.69. The molecule has 4 fully saturated rings. The smallest absolute Gasteiger partial charge is 0.157 e. The third-order valence-corrected chi connectivity index (χ3v) is 11.8. The first-order valence-corrected chi connectivity index (χ1v) is 14.8. The summed E-state index contributed by atoms with van der Waals surface area (Å²) in [5.41, 5.74) is 1.45. The van der Waals surface area contributed by atoms with E-state index in [1.54, 1.807) is 11.8 Å². The number of carbonyl (C=O) groups excluding carboxylic acids is 1. The SMILES string of the molecule is COCC[C@]12CC[C@@](C)(O)C[C@H]1CC[C@H]1[C@@H]3CC[C@H](C(=O)Cn4nnc5ccc(OC)cc54)[C@@]3(C)CC[C@@H]12. The maximum atomic E-state index is 13.9. The normalized spacial score (nSPS) is 40.4. The van der Waals surface area contributed by atoms with Gasteiger partial charge in [0.25, 0.3) is 0 Å². The minimum Gasteiger partial charge on any atom is -0.497 e. The monoisotopic (exact) mass is 523 g/mol. The molecule has 8 atom stereocenters. The zero-order valence-corrected chi connectivity index (χ0v) is 23.6. The maximum absolute atomic E-state index is 13.9. The molecule has 0 aliphatic heterocycles. The Bertz CT molecular complexity index is 1190. The van der Waals surface area contributed by atoms with Crippen LogP contribution in [0.4, 0.5) is 0 Å². The van der Waals surface area contributed by atoms with Crippen LogP contribution in [0.25, 0.3) is 11.0 Å². The van der Waals surface area contributed by atoms with Crippen molar-refractivity contribution >= 4 is 16.8 Å². The highest BCUT2D eigenvalue weighted by Gasteiger charge is 2.62. The lowest BCUT2D eigenvalue weighted by molar-refractivity contribution is -0.163. The van der Waals surface area contributed by atoms with Crippen molar-refractivity contribution < 1.29 is 19.4 Å². The molecule has 4 aliphatic rings. The molecule has 4 aliphatic carbocycles. The van der Waals surface area contributed by atoms with E-state index in [-0.39, 0.29) is 23.3 Å². The van der Waals surface area contributed by atoms with E-state index >= 15 is 0 Å². The number of aromatic nitrogens is 3. The van der Waals surface area contributed by atoms with Gasteiger partial charge in [-0.25, -0.2) is 4.68 Å². The predicted molar refractivity (Wildman–Crippen MR) is 146 cm³/mol. The van der Waals surface area contributed by atoms with Gasteiger partial charge < -0.3 is 14.6 Å². The van der Waals surface area contributed by atoms with Crippen LogP contribution in [0.3, 0.4) is 0 Å². The van der Waals surface area contributed by atoms with Crippen LogP contribution in [0.1, 0.15) is 78.1 Å². The molecule has 0 saturated heterocycles. The highest BCUT2D eigenvalue weighted by atomic mass is 16.5. The first-order valence-electron chi connectivity index (χ1n) is 14.8. The van der Waals surface area contributed by atoms with Crippen molar-refractivity contribution in [2.45, 2.75) is 90.2 Å². The van der Waals surface area contributed by atoms with Gasteiger partial charge in [0.15, 0.2) is 5.78 Å². The van der Waals surface area contributed by atoms with Crippen LogP contribution in [0.2, 0.25) is 0 Å². The molecule has 1 heterocycles. The Morgan fingerprint density at radius 2 is 1.92 bits per heavy atom. The molecule has 4 saturated carbocycles. The molecule has 0 bridgehead atoms. The number of fused-ring (bicyclic) bond motifs is 6. The Labute approximate surface area is 226 Å². The molecule has 7 nitrogen and oxygen atoms in total. The molecule has 208 valence electrons. The summed E-state index contributed by atoms with van der Waals surface area (Å²) >= 11 is 0. The quantitative estimate of drug-likeness (QED) is 0.520. The molecule has 1 N–H and O–H groups in total. The average molecular weight is 524 g/mol. The lowest BCUT2D eigenvalue weighted by Gasteiger charge is -2.63. The summed E-state index contributed by atoms with van der Waals surface area (Å²) in [7, 11) is 3.48. The van der Waals surface area contributed by atoms with Crippen molar-refractivity contribution in [3.05, 3.63) is 18.2 Å². The van der Waals surface area contributed by atoms with Gasteiger partial charge in [-0.3, -0.25) is 4.79 Å². The largest absolute Gasteiger partial charge is 0.497 e. The van der Waals surface area contributed by atoms with Crippen molar-refractivity contribution in [3.8, 4) is 5.75 Å². The minimum atomic E-state index is -0.530. The van der Waals surface area contributed by atoms with E-state index in [0.717, 1.165) is 68.3 Å². The number of hydrogen-bond acceptors (Lipinski definition) is 6. The topological polar surface area (TPSA) is 86.5 Å². The van der Waals surface area contributed by atoms with Crippen molar-refractivity contribution in [2.75, 3.05) is 20.8 Å². The molecule has 1 aromatic carbocycles. The van der Waals surface area contributed by atoms with Gasteiger partial charge in [0.1, 0.15) is 17.8 Å². The number of ether oxygens (including phenoxy) is 2. The van der Waals surface area contributed by atoms with Crippen molar-refractivity contribution in [2.24, 2.45) is 40.4 Å². The van der Waals surface area contributed by atoms with Crippen LogP contribution in [-0.2, 0) is 16.1 Å². The maximum Gasteiger partial charge on any atom is 0.157 e. The lowest BCUT2D eigenvalue weighted by atomic mass is 9.42. The summed E-state index contributed by atoms with van der Waals surface area (Å²) < 4.78 is 12.8. The Morgan fingerprint density at radius 3 is 2.71 bits per heavy atom. The number of aliphatic hydroxyl groups is 1. The number of methoxy groups -OCH3 is 2. The molecule has 0 amide bonds. The van der Waals surface area contributed by atoms with Gasteiger partial charge >= 0.3 is 0 Å². The van der Waals surface area contributed by atoms with E-state index in [0.29, 0.717) is 29.5 Å². The van der Waals surface area contributed by atoms with E-state index in [9.17, 15) is 9.90 Å². The van der Waals surface area contributed by atoms with Gasteiger partial charge in [-0.05, 0) is 118 Å². The summed E-state index contributed by atoms with van der Waals surface area (Å²) in [5, 5.41) is 19.6. The Kier molecular flexibility index (Phi) is 6.62. The molecule has 38 heavy (non-hydrogen) atoms. The van der Waals surface area contributed by atoms with E-state index in [2.05, 4.69) is 17.2 Å². The summed E-state index contributed by atoms with van der Waals surface area (Å²) in [6, 6.07) is 5.70. The fourth-order valence-electron chi connectivity index (χ4n) is 10.00. The average Bonchev–Trinajstić information content (AvgIpc) is 3.47. The number of Topliss-reactive ketones (excluding diaryl/α,β-unsaturated/α-hetero) is 1. The minimum absolute atomic E-state index is 0.0573. The second-order valence-corrected chi connectivity index (χ2v) is 13.6. The number of hydrogen-bond donors (Lipinski definition) is 1. The zero-order chi connectivity index (χ0) is 26.7. The van der Waals surface area contributed by atoms with E-state index < -0.39 is 5.60 Å². The first kappa shape index (κ1) is 26.2. The van der Waals surface area contributed by atoms with Gasteiger partial charge in [0.2, 0.25) is 0 Å². The summed E-state index contributed by atoms with van der Waals surface area (Å²) in [6.07, 6.45) is 11.0. The van der Waals surface area contributed by atoms with Crippen LogP contribution < -0.4 is 4.74 Å². The summed E-state index contributed by atoms with van der Waals surface area (Å²) in [4.78, 5) is 13.9.